The molecule has 0 fully saturated rings. The number of unbranched alkanes of at least 4 members (excludes halogenated alkanes) is 2. The summed E-state index contributed by atoms with van der Waals surface area (Å²) in [6, 6.07) is 6.09. The third-order valence-corrected chi connectivity index (χ3v) is 2.39. The molecule has 0 bridgehead atoms. The van der Waals surface area contributed by atoms with Crippen LogP contribution in [-0.2, 0) is 6.42 Å². The molecule has 1 aromatic carbocycles. The Morgan fingerprint density at radius 3 is 3.07 bits per heavy atom. The lowest BCUT2D eigenvalue weighted by molar-refractivity contribution is 0.602. The molecule has 0 N–H and O–H groups in total. The largest absolute Gasteiger partial charge is 0.443 e. The summed E-state index contributed by atoms with van der Waals surface area (Å²) in [7, 11) is 0. The Kier molecular flexibility index (Phi) is 2.82. The van der Waals surface area contributed by atoms with Crippen molar-refractivity contribution in [2.75, 3.05) is 0 Å². The van der Waals surface area contributed by atoms with Crippen LogP contribution in [0.2, 0.25) is 0 Å². The van der Waals surface area contributed by atoms with Crippen molar-refractivity contribution in [1.29, 1.82) is 0 Å². The lowest BCUT2D eigenvalue weighted by Crippen LogP contribution is -1.86. The first-order valence-electron chi connectivity index (χ1n) is 5.02. The van der Waals surface area contributed by atoms with E-state index in [1.807, 2.05) is 12.1 Å². The first kappa shape index (κ1) is 9.25. The van der Waals surface area contributed by atoms with E-state index in [-0.39, 0.29) is 0 Å². The fraction of sp³-hybridized carbons (Fsp3) is 0.333. The van der Waals surface area contributed by atoms with Gasteiger partial charge in [0.15, 0.2) is 12.0 Å². The van der Waals surface area contributed by atoms with Gasteiger partial charge in [0.1, 0.15) is 5.52 Å². The minimum Gasteiger partial charge on any atom is -0.443 e. The van der Waals surface area contributed by atoms with Crippen LogP contribution in [0.15, 0.2) is 29.0 Å². The van der Waals surface area contributed by atoms with E-state index in [0.29, 0.717) is 0 Å². The molecule has 0 saturated heterocycles. The number of aromatic nitrogens is 1. The molecule has 1 heterocycles. The monoisotopic (exact) mass is 188 g/mol. The Bertz CT molecular complexity index is 405. The average molecular weight is 188 g/mol. The van der Waals surface area contributed by atoms with Crippen LogP contribution in [0.3, 0.4) is 0 Å². The first-order valence-corrected chi connectivity index (χ1v) is 5.02. The molecule has 1 aromatic heterocycles. The normalized spacial score (nSPS) is 10.9. The van der Waals surface area contributed by atoms with E-state index < -0.39 is 0 Å². The van der Waals surface area contributed by atoms with Gasteiger partial charge >= 0.3 is 0 Å². The van der Waals surface area contributed by atoms with Gasteiger partial charge < -0.3 is 4.42 Å². The molecular formula is C12H14NO. The summed E-state index contributed by atoms with van der Waals surface area (Å²) in [4.78, 5) is 4.22. The molecule has 0 aliphatic rings. The molecule has 2 nitrogen and oxygen atoms in total. The highest BCUT2D eigenvalue weighted by atomic mass is 16.3. The number of aryl methyl sites for hydroxylation is 1. The van der Waals surface area contributed by atoms with Crippen molar-refractivity contribution in [2.45, 2.75) is 25.7 Å². The van der Waals surface area contributed by atoms with Gasteiger partial charge in [-0.05, 0) is 24.5 Å². The molecule has 2 aromatic rings. The van der Waals surface area contributed by atoms with Crippen molar-refractivity contribution in [3.8, 4) is 0 Å². The van der Waals surface area contributed by atoms with Crippen LogP contribution < -0.4 is 0 Å². The summed E-state index contributed by atoms with van der Waals surface area (Å²) in [5.41, 5.74) is 3.18. The van der Waals surface area contributed by atoms with Crippen molar-refractivity contribution in [2.24, 2.45) is 0 Å². The van der Waals surface area contributed by atoms with E-state index in [9.17, 15) is 0 Å². The average Bonchev–Trinajstić information content (AvgIpc) is 2.67. The fourth-order valence-electron chi connectivity index (χ4n) is 1.64. The molecule has 0 amide bonds. The number of para-hydroxylation sites is 1. The maximum absolute atomic E-state index is 5.24. The Hall–Kier alpha value is -1.31. The van der Waals surface area contributed by atoms with E-state index in [2.05, 4.69) is 18.0 Å². The predicted molar refractivity (Wildman–Crippen MR) is 56.9 cm³/mol. The molecular weight excluding hydrogens is 174 g/mol. The molecule has 2 rings (SSSR count). The molecule has 0 atom stereocenters. The van der Waals surface area contributed by atoms with Gasteiger partial charge in [0, 0.05) is 0 Å². The second kappa shape index (κ2) is 4.27. The Morgan fingerprint density at radius 2 is 2.21 bits per heavy atom. The standard InChI is InChI=1S/C12H14NO/c1-2-3-4-6-10-7-5-8-11-12(10)13-9-14-11/h5,7-9H,1-4,6H2. The maximum Gasteiger partial charge on any atom is 0.181 e. The summed E-state index contributed by atoms with van der Waals surface area (Å²) in [5.74, 6) is 0. The molecule has 1 radical (unpaired) electrons. The number of benzene rings is 1. The van der Waals surface area contributed by atoms with E-state index >= 15 is 0 Å². The van der Waals surface area contributed by atoms with Crippen molar-refractivity contribution in [3.63, 3.8) is 0 Å². The zero-order valence-electron chi connectivity index (χ0n) is 8.20. The minimum absolute atomic E-state index is 0.886. The summed E-state index contributed by atoms with van der Waals surface area (Å²) in [6.07, 6.45) is 5.94. The van der Waals surface area contributed by atoms with E-state index in [1.54, 1.807) is 0 Å². The van der Waals surface area contributed by atoms with Crippen LogP contribution in [-0.4, -0.2) is 4.98 Å². The van der Waals surface area contributed by atoms with Gasteiger partial charge in [-0.15, -0.1) is 0 Å². The third-order valence-electron chi connectivity index (χ3n) is 2.39. The van der Waals surface area contributed by atoms with Gasteiger partial charge in [0.05, 0.1) is 0 Å². The number of fused-ring (bicyclic) bond motifs is 1. The van der Waals surface area contributed by atoms with Crippen LogP contribution >= 0.6 is 0 Å². The summed E-state index contributed by atoms with van der Waals surface area (Å²) in [5, 5.41) is 0. The number of hydrogen-bond acceptors (Lipinski definition) is 2. The zero-order chi connectivity index (χ0) is 9.80. The maximum atomic E-state index is 5.24. The minimum atomic E-state index is 0.886. The van der Waals surface area contributed by atoms with Gasteiger partial charge in [-0.1, -0.05) is 31.9 Å². The number of hydrogen-bond donors (Lipinski definition) is 0. The SMILES string of the molecule is [CH2]CCCCc1cccc2ocnc12. The zero-order valence-corrected chi connectivity index (χ0v) is 8.20. The fourth-order valence-corrected chi connectivity index (χ4v) is 1.64. The predicted octanol–water partition coefficient (Wildman–Crippen LogP) is 3.37. The van der Waals surface area contributed by atoms with E-state index in [1.165, 1.54) is 24.8 Å². The second-order valence-electron chi connectivity index (χ2n) is 3.43. The van der Waals surface area contributed by atoms with Crippen molar-refractivity contribution >= 4 is 11.1 Å². The van der Waals surface area contributed by atoms with E-state index in [4.69, 9.17) is 4.42 Å². The highest BCUT2D eigenvalue weighted by molar-refractivity contribution is 5.75. The molecule has 0 aliphatic heterocycles. The third kappa shape index (κ3) is 1.79. The molecule has 14 heavy (non-hydrogen) atoms. The van der Waals surface area contributed by atoms with Gasteiger partial charge in [-0.3, -0.25) is 0 Å². The summed E-state index contributed by atoms with van der Waals surface area (Å²) < 4.78 is 5.24. The van der Waals surface area contributed by atoms with Gasteiger partial charge in [-0.25, -0.2) is 4.98 Å². The van der Waals surface area contributed by atoms with Gasteiger partial charge in [0.25, 0.3) is 0 Å². The molecule has 0 spiro atoms. The molecule has 0 aliphatic carbocycles. The smallest absolute Gasteiger partial charge is 0.181 e. The molecule has 73 valence electrons. The Balaban J connectivity index is 2.19. The van der Waals surface area contributed by atoms with Gasteiger partial charge in [0.2, 0.25) is 0 Å². The van der Waals surface area contributed by atoms with E-state index in [0.717, 1.165) is 23.9 Å². The Morgan fingerprint density at radius 1 is 1.29 bits per heavy atom. The second-order valence-corrected chi connectivity index (χ2v) is 3.43. The van der Waals surface area contributed by atoms with Crippen LogP contribution in [0.4, 0.5) is 0 Å². The van der Waals surface area contributed by atoms with Crippen molar-refractivity contribution < 1.29 is 4.42 Å². The number of rotatable bonds is 4. The van der Waals surface area contributed by atoms with Crippen molar-refractivity contribution in [3.05, 3.63) is 37.1 Å². The highest BCUT2D eigenvalue weighted by Crippen LogP contribution is 2.18. The molecule has 0 saturated carbocycles. The first-order chi connectivity index (χ1) is 6.92. The van der Waals surface area contributed by atoms with Crippen LogP contribution in [0.1, 0.15) is 24.8 Å². The summed E-state index contributed by atoms with van der Waals surface area (Å²) in [6.45, 7) is 3.84. The van der Waals surface area contributed by atoms with Crippen LogP contribution in [0.5, 0.6) is 0 Å². The summed E-state index contributed by atoms with van der Waals surface area (Å²) >= 11 is 0. The van der Waals surface area contributed by atoms with Crippen molar-refractivity contribution in [1.82, 2.24) is 4.98 Å². The topological polar surface area (TPSA) is 26.0 Å². The lowest BCUT2D eigenvalue weighted by atomic mass is 10.1. The molecule has 0 unspecified atom stereocenters. The lowest BCUT2D eigenvalue weighted by Gasteiger charge is -2.00. The van der Waals surface area contributed by atoms with Crippen LogP contribution in [0.25, 0.3) is 11.1 Å². The number of oxazole rings is 1. The quantitative estimate of drug-likeness (QED) is 0.687. The Labute approximate surface area is 84.0 Å². The highest BCUT2D eigenvalue weighted by Gasteiger charge is 2.03. The number of nitrogens with zero attached hydrogens (tertiary/aromatic N) is 1. The van der Waals surface area contributed by atoms with Crippen LogP contribution in [0, 0.1) is 6.92 Å². The van der Waals surface area contributed by atoms with Gasteiger partial charge in [-0.2, -0.15) is 0 Å². The molecule has 2 heteroatoms.